The number of aliphatic hydroxyl groups excluding tert-OH is 1. The molecule has 2 heterocycles. The Labute approximate surface area is 138 Å². The minimum atomic E-state index is -0.784. The first-order valence-electron chi connectivity index (χ1n) is 7.55. The van der Waals surface area contributed by atoms with Gasteiger partial charge in [-0.05, 0) is 36.4 Å². The Bertz CT molecular complexity index is 789. The highest BCUT2D eigenvalue weighted by Gasteiger charge is 2.45. The normalized spacial score (nSPS) is 17.5. The Morgan fingerprint density at radius 2 is 2.00 bits per heavy atom. The molecule has 0 saturated carbocycles. The number of rotatable bonds is 5. The van der Waals surface area contributed by atoms with E-state index < -0.39 is 17.7 Å². The largest absolute Gasteiger partial charge is 0.503 e. The molecule has 1 unspecified atom stereocenters. The zero-order chi connectivity index (χ0) is 17.3. The van der Waals surface area contributed by atoms with Crippen molar-refractivity contribution in [1.29, 1.82) is 0 Å². The molecule has 0 radical (unpaired) electrons. The van der Waals surface area contributed by atoms with Gasteiger partial charge in [0, 0.05) is 12.1 Å². The molecule has 0 bridgehead atoms. The summed E-state index contributed by atoms with van der Waals surface area (Å²) < 4.78 is 10.5. The second-order valence-electron chi connectivity index (χ2n) is 5.33. The van der Waals surface area contributed by atoms with Crippen molar-refractivity contribution in [2.24, 2.45) is 0 Å². The van der Waals surface area contributed by atoms with Gasteiger partial charge in [-0.1, -0.05) is 6.92 Å². The highest BCUT2D eigenvalue weighted by atomic mass is 16.5. The van der Waals surface area contributed by atoms with Crippen molar-refractivity contribution >= 4 is 17.4 Å². The summed E-state index contributed by atoms with van der Waals surface area (Å²) in [6.07, 6.45) is 1.65. The van der Waals surface area contributed by atoms with Crippen molar-refractivity contribution in [1.82, 2.24) is 0 Å². The molecule has 1 atom stereocenters. The average molecular weight is 327 g/mol. The topological polar surface area (TPSA) is 80.0 Å². The van der Waals surface area contributed by atoms with Gasteiger partial charge in [0.25, 0.3) is 5.91 Å². The maximum Gasteiger partial charge on any atom is 0.294 e. The Morgan fingerprint density at radius 1 is 1.29 bits per heavy atom. The minimum Gasteiger partial charge on any atom is -0.503 e. The van der Waals surface area contributed by atoms with E-state index in [-0.39, 0.29) is 17.8 Å². The number of benzene rings is 1. The number of anilines is 1. The van der Waals surface area contributed by atoms with Gasteiger partial charge >= 0.3 is 0 Å². The summed E-state index contributed by atoms with van der Waals surface area (Å²) in [5, 5.41) is 10.3. The minimum absolute atomic E-state index is 0.0632. The number of methoxy groups -OCH3 is 1. The smallest absolute Gasteiger partial charge is 0.294 e. The second-order valence-corrected chi connectivity index (χ2v) is 5.33. The van der Waals surface area contributed by atoms with Crippen LogP contribution in [0, 0.1) is 0 Å². The van der Waals surface area contributed by atoms with Crippen LogP contribution < -0.4 is 9.64 Å². The molecule has 1 aliphatic heterocycles. The third-order valence-electron chi connectivity index (χ3n) is 3.99. The van der Waals surface area contributed by atoms with Crippen molar-refractivity contribution in [3.05, 3.63) is 59.8 Å². The molecule has 1 amide bonds. The Kier molecular flexibility index (Phi) is 4.12. The van der Waals surface area contributed by atoms with Crippen LogP contribution in [0.4, 0.5) is 5.69 Å². The molecule has 2 aromatic rings. The molecular formula is C18H17NO5. The van der Waals surface area contributed by atoms with E-state index in [1.165, 1.54) is 11.2 Å². The lowest BCUT2D eigenvalue weighted by atomic mass is 9.99. The van der Waals surface area contributed by atoms with E-state index in [9.17, 15) is 14.7 Å². The second kappa shape index (κ2) is 6.23. The maximum absolute atomic E-state index is 12.6. The van der Waals surface area contributed by atoms with Crippen LogP contribution in [0.5, 0.6) is 5.75 Å². The first-order chi connectivity index (χ1) is 11.6. The molecule has 124 valence electrons. The van der Waals surface area contributed by atoms with Gasteiger partial charge in [0.15, 0.2) is 11.5 Å². The lowest BCUT2D eigenvalue weighted by molar-refractivity contribution is -0.118. The Hall–Kier alpha value is -3.02. The number of nitrogens with zero attached hydrogens (tertiary/aromatic N) is 1. The van der Waals surface area contributed by atoms with E-state index in [0.29, 0.717) is 17.2 Å². The summed E-state index contributed by atoms with van der Waals surface area (Å²) in [6, 6.07) is 9.37. The molecule has 0 saturated heterocycles. The highest BCUT2D eigenvalue weighted by Crippen LogP contribution is 2.41. The molecule has 1 N–H and O–H groups in total. The van der Waals surface area contributed by atoms with Gasteiger partial charge in [-0.3, -0.25) is 14.5 Å². The molecule has 3 rings (SSSR count). The van der Waals surface area contributed by atoms with Crippen LogP contribution in [-0.4, -0.2) is 23.9 Å². The maximum atomic E-state index is 12.6. The highest BCUT2D eigenvalue weighted by molar-refractivity contribution is 6.16. The predicted molar refractivity (Wildman–Crippen MR) is 86.9 cm³/mol. The number of hydrogen-bond acceptors (Lipinski definition) is 5. The van der Waals surface area contributed by atoms with Gasteiger partial charge in [0.2, 0.25) is 0 Å². The summed E-state index contributed by atoms with van der Waals surface area (Å²) in [6.45, 7) is 1.68. The molecular weight excluding hydrogens is 310 g/mol. The lowest BCUT2D eigenvalue weighted by Gasteiger charge is -2.25. The fourth-order valence-electron chi connectivity index (χ4n) is 2.81. The molecule has 1 aliphatic rings. The van der Waals surface area contributed by atoms with Crippen LogP contribution in [0.2, 0.25) is 0 Å². The Balaban J connectivity index is 2.11. The number of carbonyl (C=O) groups is 2. The number of carbonyl (C=O) groups excluding carboxylic acids is 2. The van der Waals surface area contributed by atoms with Crippen LogP contribution in [0.1, 0.15) is 25.1 Å². The van der Waals surface area contributed by atoms with Gasteiger partial charge in [-0.15, -0.1) is 0 Å². The first kappa shape index (κ1) is 15.9. The van der Waals surface area contributed by atoms with E-state index in [4.69, 9.17) is 9.15 Å². The van der Waals surface area contributed by atoms with Crippen LogP contribution in [0.3, 0.4) is 0 Å². The number of Topliss-reactive ketones (excluding diaryl/α,β-unsaturated/α-hetero) is 1. The van der Waals surface area contributed by atoms with Crippen LogP contribution >= 0.6 is 0 Å². The van der Waals surface area contributed by atoms with Gasteiger partial charge < -0.3 is 14.3 Å². The molecule has 0 aliphatic carbocycles. The zero-order valence-electron chi connectivity index (χ0n) is 13.4. The molecule has 6 nitrogen and oxygen atoms in total. The standard InChI is InChI=1S/C18H17NO5/c1-3-13(20)15-16(14-5-4-10-24-14)19(18(22)17(15)21)11-6-8-12(23-2)9-7-11/h4-10,16,21H,3H2,1-2H3. The number of ether oxygens (including phenoxy) is 1. The van der Waals surface area contributed by atoms with Crippen molar-refractivity contribution in [2.45, 2.75) is 19.4 Å². The van der Waals surface area contributed by atoms with Gasteiger partial charge in [-0.25, -0.2) is 0 Å². The third kappa shape index (κ3) is 2.46. The van der Waals surface area contributed by atoms with E-state index >= 15 is 0 Å². The van der Waals surface area contributed by atoms with E-state index in [1.807, 2.05) is 0 Å². The predicted octanol–water partition coefficient (Wildman–Crippen LogP) is 3.17. The quantitative estimate of drug-likeness (QED) is 0.912. The summed E-state index contributed by atoms with van der Waals surface area (Å²) in [5.41, 5.74) is 0.598. The first-order valence-corrected chi connectivity index (χ1v) is 7.55. The van der Waals surface area contributed by atoms with Gasteiger partial charge in [0.1, 0.15) is 17.6 Å². The number of hydrogen-bond donors (Lipinski definition) is 1. The molecule has 1 aromatic carbocycles. The van der Waals surface area contributed by atoms with E-state index in [0.717, 1.165) is 0 Å². The summed E-state index contributed by atoms with van der Waals surface area (Å²) in [4.78, 5) is 26.2. The fourth-order valence-corrected chi connectivity index (χ4v) is 2.81. The number of furan rings is 1. The summed E-state index contributed by atoms with van der Waals surface area (Å²) >= 11 is 0. The van der Waals surface area contributed by atoms with Crippen molar-refractivity contribution < 1.29 is 23.8 Å². The number of ketones is 1. The molecule has 24 heavy (non-hydrogen) atoms. The van der Waals surface area contributed by atoms with Crippen LogP contribution in [0.15, 0.2) is 58.4 Å². The molecule has 1 aromatic heterocycles. The molecule has 0 spiro atoms. The number of aliphatic hydroxyl groups is 1. The SMILES string of the molecule is CCC(=O)C1=C(O)C(=O)N(c2ccc(OC)cc2)C1c1ccco1. The van der Waals surface area contributed by atoms with Crippen molar-refractivity contribution in [3.63, 3.8) is 0 Å². The van der Waals surface area contributed by atoms with Crippen molar-refractivity contribution in [2.75, 3.05) is 12.0 Å². The third-order valence-corrected chi connectivity index (χ3v) is 3.99. The van der Waals surface area contributed by atoms with E-state index in [1.54, 1.807) is 50.4 Å². The van der Waals surface area contributed by atoms with Gasteiger partial charge in [-0.2, -0.15) is 0 Å². The van der Waals surface area contributed by atoms with Crippen LogP contribution in [-0.2, 0) is 9.59 Å². The summed E-state index contributed by atoms with van der Waals surface area (Å²) in [5.74, 6) is -0.391. The Morgan fingerprint density at radius 3 is 2.54 bits per heavy atom. The van der Waals surface area contributed by atoms with Crippen molar-refractivity contribution in [3.8, 4) is 5.75 Å². The fraction of sp³-hybridized carbons (Fsp3) is 0.222. The van der Waals surface area contributed by atoms with Gasteiger partial charge in [0.05, 0.1) is 18.9 Å². The average Bonchev–Trinajstić information content (AvgIpc) is 3.22. The molecule has 0 fully saturated rings. The van der Waals surface area contributed by atoms with E-state index in [2.05, 4.69) is 0 Å². The lowest BCUT2D eigenvalue weighted by Crippen LogP contribution is -2.30. The summed E-state index contributed by atoms with van der Waals surface area (Å²) in [7, 11) is 1.55. The van der Waals surface area contributed by atoms with Crippen LogP contribution in [0.25, 0.3) is 0 Å². The number of amides is 1. The monoisotopic (exact) mass is 327 g/mol. The molecule has 6 heteroatoms. The zero-order valence-corrected chi connectivity index (χ0v) is 13.4.